The smallest absolute Gasteiger partial charge is 0.262 e. The van der Waals surface area contributed by atoms with Crippen molar-refractivity contribution >= 4 is 27.1 Å². The van der Waals surface area contributed by atoms with E-state index in [1.165, 1.54) is 11.3 Å². The number of thiophene rings is 1. The van der Waals surface area contributed by atoms with Crippen LogP contribution in [0.15, 0.2) is 78.1 Å². The average Bonchev–Trinajstić information content (AvgIpc) is 3.32. The summed E-state index contributed by atoms with van der Waals surface area (Å²) in [6.07, 6.45) is 5.36. The molecule has 0 saturated heterocycles. The van der Waals surface area contributed by atoms with Crippen LogP contribution in [-0.2, 0) is 6.54 Å². The van der Waals surface area contributed by atoms with Gasteiger partial charge < -0.3 is 4.40 Å². The Kier molecular flexibility index (Phi) is 3.81. The van der Waals surface area contributed by atoms with Gasteiger partial charge in [-0.3, -0.25) is 9.36 Å². The fourth-order valence-corrected chi connectivity index (χ4v) is 4.42. The van der Waals surface area contributed by atoms with Crippen LogP contribution in [0.2, 0.25) is 0 Å². The number of hydrogen-bond donors (Lipinski definition) is 0. The topological polar surface area (TPSA) is 63.1 Å². The van der Waals surface area contributed by atoms with Gasteiger partial charge in [0.1, 0.15) is 10.9 Å². The molecule has 0 aliphatic rings. The van der Waals surface area contributed by atoms with Gasteiger partial charge in [0.2, 0.25) is 0 Å². The zero-order valence-electron chi connectivity index (χ0n) is 14.7. The summed E-state index contributed by atoms with van der Waals surface area (Å²) in [6, 6.07) is 19.9. The first kappa shape index (κ1) is 16.5. The van der Waals surface area contributed by atoms with E-state index in [1.807, 2.05) is 71.4 Å². The largest absolute Gasteiger partial charge is 0.322 e. The molecular weight excluding hydrogens is 368 g/mol. The van der Waals surface area contributed by atoms with Crippen molar-refractivity contribution in [1.29, 1.82) is 5.26 Å². The van der Waals surface area contributed by atoms with Crippen LogP contribution in [-0.4, -0.2) is 14.0 Å². The summed E-state index contributed by atoms with van der Waals surface area (Å²) in [5.74, 6) is 0. The zero-order valence-corrected chi connectivity index (χ0v) is 15.6. The Morgan fingerprint density at radius 1 is 1.11 bits per heavy atom. The molecule has 0 aliphatic carbocycles. The standard InChI is InChI=1S/C22H14N4OS/c23-11-18-16(12-25-9-5-4-8-19(18)25)13-26-14-24-21-17(22(26)27)10-20(28-21)15-6-2-1-3-7-15/h1-10,12,14H,13H2. The molecule has 1 aromatic carbocycles. The maximum Gasteiger partial charge on any atom is 0.262 e. The lowest BCUT2D eigenvalue weighted by Crippen LogP contribution is -2.20. The molecule has 0 fully saturated rings. The van der Waals surface area contributed by atoms with Crippen LogP contribution in [0.5, 0.6) is 0 Å². The molecular formula is C22H14N4OS. The summed E-state index contributed by atoms with van der Waals surface area (Å²) < 4.78 is 3.47. The Morgan fingerprint density at radius 2 is 1.93 bits per heavy atom. The number of aromatic nitrogens is 3. The van der Waals surface area contributed by atoms with Gasteiger partial charge in [-0.25, -0.2) is 4.98 Å². The quantitative estimate of drug-likeness (QED) is 0.467. The molecule has 0 bridgehead atoms. The van der Waals surface area contributed by atoms with E-state index in [-0.39, 0.29) is 5.56 Å². The van der Waals surface area contributed by atoms with Gasteiger partial charge in [-0.15, -0.1) is 11.3 Å². The molecule has 0 aliphatic heterocycles. The summed E-state index contributed by atoms with van der Waals surface area (Å²) in [5, 5.41) is 10.2. The molecule has 0 N–H and O–H groups in total. The number of hydrogen-bond acceptors (Lipinski definition) is 4. The number of nitriles is 1. The molecule has 5 nitrogen and oxygen atoms in total. The lowest BCUT2D eigenvalue weighted by Gasteiger charge is -2.03. The Morgan fingerprint density at radius 3 is 2.75 bits per heavy atom. The number of pyridine rings is 1. The highest BCUT2D eigenvalue weighted by Crippen LogP contribution is 2.30. The van der Waals surface area contributed by atoms with Crippen molar-refractivity contribution in [1.82, 2.24) is 14.0 Å². The van der Waals surface area contributed by atoms with Crippen LogP contribution in [0.3, 0.4) is 0 Å². The van der Waals surface area contributed by atoms with Crippen LogP contribution < -0.4 is 5.56 Å². The second-order valence-electron chi connectivity index (χ2n) is 6.51. The van der Waals surface area contributed by atoms with E-state index in [1.54, 1.807) is 10.9 Å². The molecule has 4 aromatic heterocycles. The minimum Gasteiger partial charge on any atom is -0.322 e. The highest BCUT2D eigenvalue weighted by Gasteiger charge is 2.14. The molecule has 0 atom stereocenters. The predicted octanol–water partition coefficient (Wildman–Crippen LogP) is 4.30. The van der Waals surface area contributed by atoms with Crippen LogP contribution in [0.4, 0.5) is 0 Å². The van der Waals surface area contributed by atoms with E-state index in [2.05, 4.69) is 11.1 Å². The molecule has 0 unspecified atom stereocenters. The van der Waals surface area contributed by atoms with E-state index >= 15 is 0 Å². The molecule has 0 radical (unpaired) electrons. The van der Waals surface area contributed by atoms with E-state index < -0.39 is 0 Å². The third kappa shape index (κ3) is 2.61. The van der Waals surface area contributed by atoms with Crippen molar-refractivity contribution in [3.63, 3.8) is 0 Å². The molecule has 0 amide bonds. The Labute approximate surface area is 164 Å². The normalized spacial score (nSPS) is 11.1. The van der Waals surface area contributed by atoms with E-state index in [9.17, 15) is 10.1 Å². The van der Waals surface area contributed by atoms with Gasteiger partial charge in [0.15, 0.2) is 0 Å². The summed E-state index contributed by atoms with van der Waals surface area (Å²) >= 11 is 1.51. The maximum atomic E-state index is 13.0. The SMILES string of the molecule is N#Cc1c(Cn2cnc3sc(-c4ccccc4)cc3c2=O)cn2ccccc12. The van der Waals surface area contributed by atoms with Crippen molar-refractivity contribution in [2.45, 2.75) is 6.54 Å². The maximum absolute atomic E-state index is 13.0. The number of benzene rings is 1. The lowest BCUT2D eigenvalue weighted by molar-refractivity contribution is 0.748. The van der Waals surface area contributed by atoms with Crippen molar-refractivity contribution in [3.8, 4) is 16.5 Å². The van der Waals surface area contributed by atoms with Crippen molar-refractivity contribution < 1.29 is 0 Å². The van der Waals surface area contributed by atoms with Gasteiger partial charge in [0.25, 0.3) is 5.56 Å². The summed E-state index contributed by atoms with van der Waals surface area (Å²) in [7, 11) is 0. The summed E-state index contributed by atoms with van der Waals surface area (Å²) in [6.45, 7) is 0.308. The van der Waals surface area contributed by atoms with Gasteiger partial charge in [0.05, 0.1) is 29.3 Å². The Bertz CT molecular complexity index is 1420. The monoisotopic (exact) mass is 382 g/mol. The second-order valence-corrected chi connectivity index (χ2v) is 7.54. The van der Waals surface area contributed by atoms with Crippen LogP contribution in [0.1, 0.15) is 11.1 Å². The predicted molar refractivity (Wildman–Crippen MR) is 111 cm³/mol. The Hall–Kier alpha value is -3.69. The summed E-state index contributed by atoms with van der Waals surface area (Å²) in [4.78, 5) is 19.3. The van der Waals surface area contributed by atoms with Crippen molar-refractivity contribution in [3.05, 3.63) is 94.8 Å². The average molecular weight is 382 g/mol. The molecule has 28 heavy (non-hydrogen) atoms. The van der Waals surface area contributed by atoms with E-state index in [4.69, 9.17) is 0 Å². The van der Waals surface area contributed by atoms with Gasteiger partial charge in [-0.2, -0.15) is 5.26 Å². The first-order valence-corrected chi connectivity index (χ1v) is 9.59. The van der Waals surface area contributed by atoms with Gasteiger partial charge in [-0.1, -0.05) is 36.4 Å². The summed E-state index contributed by atoms with van der Waals surface area (Å²) in [5.41, 5.74) is 3.20. The van der Waals surface area contributed by atoms with E-state index in [0.717, 1.165) is 26.4 Å². The van der Waals surface area contributed by atoms with Crippen molar-refractivity contribution in [2.24, 2.45) is 0 Å². The Balaban J connectivity index is 1.60. The molecule has 134 valence electrons. The number of rotatable bonds is 3. The van der Waals surface area contributed by atoms with Crippen LogP contribution in [0.25, 0.3) is 26.2 Å². The fourth-order valence-electron chi connectivity index (χ4n) is 3.43. The minimum atomic E-state index is -0.0948. The van der Waals surface area contributed by atoms with Crippen LogP contribution in [0, 0.1) is 11.3 Å². The first-order valence-electron chi connectivity index (χ1n) is 8.77. The third-order valence-corrected chi connectivity index (χ3v) is 5.88. The van der Waals surface area contributed by atoms with E-state index in [0.29, 0.717) is 17.5 Å². The van der Waals surface area contributed by atoms with Gasteiger partial charge in [-0.05, 0) is 23.8 Å². The minimum absolute atomic E-state index is 0.0948. The van der Waals surface area contributed by atoms with Gasteiger partial charge >= 0.3 is 0 Å². The third-order valence-electron chi connectivity index (χ3n) is 4.79. The molecule has 4 heterocycles. The van der Waals surface area contributed by atoms with Crippen molar-refractivity contribution in [2.75, 3.05) is 0 Å². The second kappa shape index (κ2) is 6.48. The zero-order chi connectivity index (χ0) is 19.1. The number of nitrogens with zero attached hydrogens (tertiary/aromatic N) is 4. The molecule has 5 rings (SSSR count). The lowest BCUT2D eigenvalue weighted by atomic mass is 10.1. The fraction of sp³-hybridized carbons (Fsp3) is 0.0455. The first-order chi connectivity index (χ1) is 13.7. The molecule has 0 spiro atoms. The highest BCUT2D eigenvalue weighted by molar-refractivity contribution is 7.21. The molecule has 0 saturated carbocycles. The number of fused-ring (bicyclic) bond motifs is 2. The molecule has 5 aromatic rings. The highest BCUT2D eigenvalue weighted by atomic mass is 32.1. The molecule has 6 heteroatoms. The van der Waals surface area contributed by atoms with Gasteiger partial charge in [0, 0.05) is 22.8 Å². The van der Waals surface area contributed by atoms with Crippen LogP contribution >= 0.6 is 11.3 Å².